The number of nitrogens with zero attached hydrogens (tertiary/aromatic N) is 3. The summed E-state index contributed by atoms with van der Waals surface area (Å²) in [5, 5.41) is 0. The van der Waals surface area contributed by atoms with Crippen molar-refractivity contribution in [2.75, 3.05) is 25.5 Å². The monoisotopic (exact) mass is 327 g/mol. The van der Waals surface area contributed by atoms with Gasteiger partial charge >= 0.3 is 0 Å². The third kappa shape index (κ3) is 3.55. The smallest absolute Gasteiger partial charge is 0.227 e. The van der Waals surface area contributed by atoms with E-state index in [4.69, 9.17) is 0 Å². The zero-order valence-electron chi connectivity index (χ0n) is 14.1. The Balaban J connectivity index is 1.77. The highest BCUT2D eigenvalue weighted by Gasteiger charge is 2.30. The van der Waals surface area contributed by atoms with Gasteiger partial charge in [0.15, 0.2) is 0 Å². The Morgan fingerprint density at radius 3 is 2.92 bits per heavy atom. The summed E-state index contributed by atoms with van der Waals surface area (Å²) in [4.78, 5) is 20.9. The number of hydrogen-bond donors (Lipinski definition) is 0. The van der Waals surface area contributed by atoms with Crippen LogP contribution >= 0.6 is 0 Å². The second-order valence-corrected chi connectivity index (χ2v) is 6.39. The lowest BCUT2D eigenvalue weighted by Gasteiger charge is -2.26. The Bertz CT molecular complexity index is 732. The molecule has 1 aromatic heterocycles. The van der Waals surface area contributed by atoms with Crippen molar-refractivity contribution >= 4 is 11.7 Å². The highest BCUT2D eigenvalue weighted by atomic mass is 19.1. The van der Waals surface area contributed by atoms with Crippen molar-refractivity contribution in [2.24, 2.45) is 0 Å². The van der Waals surface area contributed by atoms with E-state index in [0.717, 1.165) is 30.8 Å². The van der Waals surface area contributed by atoms with Gasteiger partial charge in [-0.25, -0.2) is 9.37 Å². The first-order valence-corrected chi connectivity index (χ1v) is 8.22. The molecule has 1 aliphatic heterocycles. The van der Waals surface area contributed by atoms with Crippen LogP contribution in [0.2, 0.25) is 0 Å². The first-order valence-electron chi connectivity index (χ1n) is 8.22. The average Bonchev–Trinajstić information content (AvgIpc) is 3.04. The van der Waals surface area contributed by atoms with Gasteiger partial charge in [-0.05, 0) is 48.2 Å². The van der Waals surface area contributed by atoms with E-state index in [-0.39, 0.29) is 24.2 Å². The SMILES string of the molecule is CN(C)c1cc([C@H]2CCCN2C(=O)Cc2cccc(F)c2)ccn1. The van der Waals surface area contributed by atoms with Gasteiger partial charge in [-0.2, -0.15) is 0 Å². The number of amides is 1. The molecule has 0 saturated carbocycles. The summed E-state index contributed by atoms with van der Waals surface area (Å²) < 4.78 is 13.3. The van der Waals surface area contributed by atoms with Crippen molar-refractivity contribution in [2.45, 2.75) is 25.3 Å². The molecule has 0 bridgehead atoms. The molecular weight excluding hydrogens is 305 g/mol. The van der Waals surface area contributed by atoms with Crippen LogP contribution in [0.5, 0.6) is 0 Å². The van der Waals surface area contributed by atoms with Crippen LogP contribution in [0.1, 0.15) is 30.0 Å². The number of pyridine rings is 1. The molecule has 3 rings (SSSR count). The summed E-state index contributed by atoms with van der Waals surface area (Å²) in [6.45, 7) is 0.748. The Labute approximate surface area is 141 Å². The molecule has 5 heteroatoms. The fourth-order valence-corrected chi connectivity index (χ4v) is 3.22. The zero-order valence-corrected chi connectivity index (χ0v) is 14.1. The number of benzene rings is 1. The number of aromatic nitrogens is 1. The van der Waals surface area contributed by atoms with Gasteiger partial charge in [0.25, 0.3) is 0 Å². The van der Waals surface area contributed by atoms with Crippen LogP contribution in [0.3, 0.4) is 0 Å². The van der Waals surface area contributed by atoms with Gasteiger partial charge < -0.3 is 9.80 Å². The minimum Gasteiger partial charge on any atom is -0.363 e. The van der Waals surface area contributed by atoms with E-state index in [1.165, 1.54) is 12.1 Å². The number of rotatable bonds is 4. The van der Waals surface area contributed by atoms with Crippen LogP contribution in [0.15, 0.2) is 42.6 Å². The first-order chi connectivity index (χ1) is 11.5. The number of hydrogen-bond acceptors (Lipinski definition) is 3. The van der Waals surface area contributed by atoms with Crippen molar-refractivity contribution in [1.29, 1.82) is 0 Å². The van der Waals surface area contributed by atoms with E-state index in [1.807, 2.05) is 36.0 Å². The van der Waals surface area contributed by atoms with E-state index in [9.17, 15) is 9.18 Å². The quantitative estimate of drug-likeness (QED) is 0.865. The van der Waals surface area contributed by atoms with Gasteiger partial charge in [-0.15, -0.1) is 0 Å². The van der Waals surface area contributed by atoms with Crippen LogP contribution in [0, 0.1) is 5.82 Å². The van der Waals surface area contributed by atoms with Gasteiger partial charge in [-0.1, -0.05) is 12.1 Å². The highest BCUT2D eigenvalue weighted by molar-refractivity contribution is 5.79. The molecule has 24 heavy (non-hydrogen) atoms. The fraction of sp³-hybridized carbons (Fsp3) is 0.368. The standard InChI is InChI=1S/C19H22FN3O/c1-22(2)18-13-15(8-9-21-18)17-7-4-10-23(17)19(24)12-14-5-3-6-16(20)11-14/h3,5-6,8-9,11,13,17H,4,7,10,12H2,1-2H3/t17-/m1/s1. The van der Waals surface area contributed by atoms with Gasteiger partial charge in [0.05, 0.1) is 12.5 Å². The van der Waals surface area contributed by atoms with Crippen LogP contribution in [-0.2, 0) is 11.2 Å². The molecule has 1 saturated heterocycles. The molecule has 1 amide bonds. The zero-order chi connectivity index (χ0) is 17.1. The normalized spacial score (nSPS) is 17.1. The van der Waals surface area contributed by atoms with Crippen molar-refractivity contribution in [1.82, 2.24) is 9.88 Å². The summed E-state index contributed by atoms with van der Waals surface area (Å²) in [7, 11) is 3.90. The second kappa shape index (κ2) is 6.99. The van der Waals surface area contributed by atoms with E-state index in [0.29, 0.717) is 5.56 Å². The minimum atomic E-state index is -0.303. The van der Waals surface area contributed by atoms with Gasteiger partial charge in [0.2, 0.25) is 5.91 Å². The maximum absolute atomic E-state index is 13.3. The van der Waals surface area contributed by atoms with Gasteiger partial charge in [0, 0.05) is 26.8 Å². The summed E-state index contributed by atoms with van der Waals surface area (Å²) in [6, 6.07) is 10.4. The maximum atomic E-state index is 13.3. The second-order valence-electron chi connectivity index (χ2n) is 6.39. The van der Waals surface area contributed by atoms with Crippen molar-refractivity contribution in [3.63, 3.8) is 0 Å². The molecule has 0 unspecified atom stereocenters. The molecule has 0 N–H and O–H groups in total. The van der Waals surface area contributed by atoms with E-state index < -0.39 is 0 Å². The molecule has 2 aromatic rings. The maximum Gasteiger partial charge on any atom is 0.227 e. The molecule has 126 valence electrons. The lowest BCUT2D eigenvalue weighted by atomic mass is 10.0. The molecule has 1 fully saturated rings. The topological polar surface area (TPSA) is 36.4 Å². The van der Waals surface area contributed by atoms with Crippen LogP contribution < -0.4 is 4.90 Å². The number of carbonyl (C=O) groups is 1. The molecule has 2 heterocycles. The molecule has 4 nitrogen and oxygen atoms in total. The summed E-state index contributed by atoms with van der Waals surface area (Å²) in [6.07, 6.45) is 3.96. The number of anilines is 1. The van der Waals surface area contributed by atoms with Gasteiger partial charge in [0.1, 0.15) is 11.6 Å². The van der Waals surface area contributed by atoms with Crippen molar-refractivity contribution in [3.05, 3.63) is 59.5 Å². The number of likely N-dealkylation sites (tertiary alicyclic amines) is 1. The molecule has 0 spiro atoms. The predicted molar refractivity (Wildman–Crippen MR) is 92.4 cm³/mol. The Kier molecular flexibility index (Phi) is 4.79. The minimum absolute atomic E-state index is 0.0475. The van der Waals surface area contributed by atoms with Crippen LogP contribution in [0.4, 0.5) is 10.2 Å². The lowest BCUT2D eigenvalue weighted by Crippen LogP contribution is -2.32. The molecular formula is C19H22FN3O. The third-order valence-electron chi connectivity index (χ3n) is 4.43. The average molecular weight is 327 g/mol. The fourth-order valence-electron chi connectivity index (χ4n) is 3.22. The van der Waals surface area contributed by atoms with Crippen molar-refractivity contribution < 1.29 is 9.18 Å². The first kappa shape index (κ1) is 16.4. The molecule has 0 aliphatic carbocycles. The third-order valence-corrected chi connectivity index (χ3v) is 4.43. The Morgan fingerprint density at radius 1 is 1.33 bits per heavy atom. The van der Waals surface area contributed by atoms with Crippen LogP contribution in [-0.4, -0.2) is 36.4 Å². The van der Waals surface area contributed by atoms with Crippen molar-refractivity contribution in [3.8, 4) is 0 Å². The van der Waals surface area contributed by atoms with Crippen LogP contribution in [0.25, 0.3) is 0 Å². The summed E-state index contributed by atoms with van der Waals surface area (Å²) in [5.74, 6) is 0.631. The molecule has 1 aromatic carbocycles. The summed E-state index contributed by atoms with van der Waals surface area (Å²) in [5.41, 5.74) is 1.83. The largest absolute Gasteiger partial charge is 0.363 e. The summed E-state index contributed by atoms with van der Waals surface area (Å²) >= 11 is 0. The van der Waals surface area contributed by atoms with E-state index in [2.05, 4.69) is 4.98 Å². The molecule has 1 atom stereocenters. The van der Waals surface area contributed by atoms with E-state index >= 15 is 0 Å². The lowest BCUT2D eigenvalue weighted by molar-refractivity contribution is -0.131. The molecule has 1 aliphatic rings. The Morgan fingerprint density at radius 2 is 2.17 bits per heavy atom. The Hall–Kier alpha value is -2.43. The predicted octanol–water partition coefficient (Wildman–Crippen LogP) is 3.19. The van der Waals surface area contributed by atoms with Gasteiger partial charge in [-0.3, -0.25) is 4.79 Å². The molecule has 0 radical (unpaired) electrons. The van der Waals surface area contributed by atoms with E-state index in [1.54, 1.807) is 18.3 Å². The highest BCUT2D eigenvalue weighted by Crippen LogP contribution is 2.33. The number of halogens is 1. The number of carbonyl (C=O) groups excluding carboxylic acids is 1.